The zero-order valence-corrected chi connectivity index (χ0v) is 10.3. The first-order valence-electron chi connectivity index (χ1n) is 5.03. The van der Waals surface area contributed by atoms with Crippen molar-refractivity contribution in [1.29, 1.82) is 0 Å². The SMILES string of the molecule is Cc1cc(C)c(C(=O)Nc2cnns2)cc1N. The quantitative estimate of drug-likeness (QED) is 0.796. The molecule has 0 aliphatic heterocycles. The highest BCUT2D eigenvalue weighted by Gasteiger charge is 2.12. The molecule has 1 amide bonds. The normalized spacial score (nSPS) is 10.2. The van der Waals surface area contributed by atoms with E-state index in [-0.39, 0.29) is 5.91 Å². The molecule has 6 heteroatoms. The Bertz CT molecular complexity index is 551. The summed E-state index contributed by atoms with van der Waals surface area (Å²) < 4.78 is 3.68. The summed E-state index contributed by atoms with van der Waals surface area (Å²) >= 11 is 1.13. The molecule has 0 aliphatic carbocycles. The maximum Gasteiger partial charge on any atom is 0.256 e. The van der Waals surface area contributed by atoms with Gasteiger partial charge < -0.3 is 11.1 Å². The first-order chi connectivity index (χ1) is 8.08. The molecule has 2 aromatic rings. The summed E-state index contributed by atoms with van der Waals surface area (Å²) in [4.78, 5) is 12.0. The summed E-state index contributed by atoms with van der Waals surface area (Å²) in [7, 11) is 0. The number of hydrogen-bond acceptors (Lipinski definition) is 5. The van der Waals surface area contributed by atoms with Crippen molar-refractivity contribution in [2.75, 3.05) is 11.1 Å². The van der Waals surface area contributed by atoms with Crippen molar-refractivity contribution in [1.82, 2.24) is 9.59 Å². The van der Waals surface area contributed by atoms with Gasteiger partial charge in [0, 0.05) is 22.8 Å². The van der Waals surface area contributed by atoms with Crippen molar-refractivity contribution in [3.8, 4) is 0 Å². The van der Waals surface area contributed by atoms with Crippen LogP contribution in [0.3, 0.4) is 0 Å². The second-order valence-electron chi connectivity index (χ2n) is 3.76. The number of amides is 1. The van der Waals surface area contributed by atoms with Gasteiger partial charge in [0.05, 0.1) is 6.20 Å². The molecule has 0 atom stereocenters. The van der Waals surface area contributed by atoms with Crippen molar-refractivity contribution >= 4 is 28.1 Å². The number of rotatable bonds is 2. The van der Waals surface area contributed by atoms with Crippen molar-refractivity contribution in [3.63, 3.8) is 0 Å². The van der Waals surface area contributed by atoms with Gasteiger partial charge in [-0.15, -0.1) is 5.10 Å². The molecule has 1 heterocycles. The van der Waals surface area contributed by atoms with E-state index in [1.807, 2.05) is 19.9 Å². The Morgan fingerprint density at radius 3 is 2.76 bits per heavy atom. The highest BCUT2D eigenvalue weighted by atomic mass is 32.1. The van der Waals surface area contributed by atoms with Crippen LogP contribution in [-0.2, 0) is 0 Å². The third-order valence-electron chi connectivity index (χ3n) is 2.46. The second kappa shape index (κ2) is 4.50. The number of benzene rings is 1. The van der Waals surface area contributed by atoms with Crippen LogP contribution >= 0.6 is 11.5 Å². The first-order valence-corrected chi connectivity index (χ1v) is 5.80. The number of aromatic nitrogens is 2. The Kier molecular flexibility index (Phi) is 3.06. The molecule has 17 heavy (non-hydrogen) atoms. The van der Waals surface area contributed by atoms with Gasteiger partial charge in [-0.3, -0.25) is 4.79 Å². The standard InChI is InChI=1S/C11H12N4OS/c1-6-3-7(2)9(12)4-8(6)11(16)14-10-5-13-15-17-10/h3-5H,12H2,1-2H3,(H,14,16). The maximum absolute atomic E-state index is 12.0. The lowest BCUT2D eigenvalue weighted by molar-refractivity contribution is 0.102. The summed E-state index contributed by atoms with van der Waals surface area (Å²) in [6, 6.07) is 3.59. The number of nitrogen functional groups attached to an aromatic ring is 1. The average molecular weight is 248 g/mol. The Hall–Kier alpha value is -1.95. The molecular weight excluding hydrogens is 236 g/mol. The minimum absolute atomic E-state index is 0.194. The van der Waals surface area contributed by atoms with E-state index in [1.165, 1.54) is 6.20 Å². The van der Waals surface area contributed by atoms with Crippen LogP contribution in [0.2, 0.25) is 0 Å². The van der Waals surface area contributed by atoms with Gasteiger partial charge in [-0.1, -0.05) is 10.6 Å². The highest BCUT2D eigenvalue weighted by molar-refractivity contribution is 7.10. The summed E-state index contributed by atoms with van der Waals surface area (Å²) in [6.45, 7) is 3.80. The van der Waals surface area contributed by atoms with E-state index in [4.69, 9.17) is 5.73 Å². The highest BCUT2D eigenvalue weighted by Crippen LogP contribution is 2.19. The molecule has 0 aliphatic rings. The Morgan fingerprint density at radius 1 is 1.35 bits per heavy atom. The second-order valence-corrected chi connectivity index (χ2v) is 4.55. The molecule has 0 saturated heterocycles. The van der Waals surface area contributed by atoms with Gasteiger partial charge in [-0.25, -0.2) is 0 Å². The number of carbonyl (C=O) groups is 1. The molecule has 5 nitrogen and oxygen atoms in total. The molecule has 88 valence electrons. The van der Waals surface area contributed by atoms with Gasteiger partial charge in [0.1, 0.15) is 5.00 Å². The topological polar surface area (TPSA) is 80.9 Å². The Morgan fingerprint density at radius 2 is 2.12 bits per heavy atom. The molecule has 1 aromatic heterocycles. The molecule has 0 saturated carbocycles. The summed E-state index contributed by atoms with van der Waals surface area (Å²) in [5, 5.41) is 7.00. The molecular formula is C11H12N4OS. The van der Waals surface area contributed by atoms with E-state index in [9.17, 15) is 4.79 Å². The van der Waals surface area contributed by atoms with Crippen molar-refractivity contribution in [2.45, 2.75) is 13.8 Å². The first kappa shape index (κ1) is 11.5. The van der Waals surface area contributed by atoms with Gasteiger partial charge in [0.2, 0.25) is 0 Å². The van der Waals surface area contributed by atoms with E-state index < -0.39 is 0 Å². The minimum Gasteiger partial charge on any atom is -0.398 e. The number of anilines is 2. The fraction of sp³-hybridized carbons (Fsp3) is 0.182. The number of carbonyl (C=O) groups excluding carboxylic acids is 1. The fourth-order valence-electron chi connectivity index (χ4n) is 1.52. The summed E-state index contributed by atoms with van der Waals surface area (Å²) in [6.07, 6.45) is 1.51. The molecule has 0 fully saturated rings. The van der Waals surface area contributed by atoms with Crippen LogP contribution in [0.4, 0.5) is 10.7 Å². The predicted molar refractivity (Wildman–Crippen MR) is 68.2 cm³/mol. The van der Waals surface area contributed by atoms with Gasteiger partial charge in [0.15, 0.2) is 0 Å². The maximum atomic E-state index is 12.0. The van der Waals surface area contributed by atoms with E-state index in [1.54, 1.807) is 6.07 Å². The summed E-state index contributed by atoms with van der Waals surface area (Å²) in [5.41, 5.74) is 8.85. The molecule has 3 N–H and O–H groups in total. The molecule has 2 rings (SSSR count). The number of aryl methyl sites for hydroxylation is 2. The Labute approximate surface area is 103 Å². The fourth-order valence-corrected chi connectivity index (χ4v) is 1.93. The third kappa shape index (κ3) is 2.42. The third-order valence-corrected chi connectivity index (χ3v) is 3.04. The van der Waals surface area contributed by atoms with Crippen LogP contribution in [-0.4, -0.2) is 15.5 Å². The van der Waals surface area contributed by atoms with Crippen molar-refractivity contribution < 1.29 is 4.79 Å². The zero-order valence-electron chi connectivity index (χ0n) is 9.52. The van der Waals surface area contributed by atoms with E-state index in [0.29, 0.717) is 16.3 Å². The van der Waals surface area contributed by atoms with E-state index >= 15 is 0 Å². The molecule has 0 bridgehead atoms. The predicted octanol–water partition coefficient (Wildman–Crippen LogP) is 1.99. The number of hydrogen-bond donors (Lipinski definition) is 2. The van der Waals surface area contributed by atoms with Crippen molar-refractivity contribution in [3.05, 3.63) is 35.0 Å². The summed E-state index contributed by atoms with van der Waals surface area (Å²) in [5.74, 6) is -0.194. The largest absolute Gasteiger partial charge is 0.398 e. The average Bonchev–Trinajstić information content (AvgIpc) is 2.76. The van der Waals surface area contributed by atoms with Crippen LogP contribution in [0.25, 0.3) is 0 Å². The van der Waals surface area contributed by atoms with E-state index in [2.05, 4.69) is 14.9 Å². The molecule has 0 spiro atoms. The number of nitrogens with zero attached hydrogens (tertiary/aromatic N) is 2. The molecule has 0 unspecified atom stereocenters. The van der Waals surface area contributed by atoms with Gasteiger partial charge in [-0.2, -0.15) is 0 Å². The van der Waals surface area contributed by atoms with Crippen LogP contribution < -0.4 is 11.1 Å². The van der Waals surface area contributed by atoms with E-state index in [0.717, 1.165) is 22.7 Å². The lowest BCUT2D eigenvalue weighted by Gasteiger charge is -2.08. The lowest BCUT2D eigenvalue weighted by Crippen LogP contribution is -2.13. The zero-order chi connectivity index (χ0) is 12.4. The van der Waals surface area contributed by atoms with Gasteiger partial charge in [0.25, 0.3) is 5.91 Å². The van der Waals surface area contributed by atoms with Crippen LogP contribution in [0, 0.1) is 13.8 Å². The number of nitrogens with one attached hydrogen (secondary N) is 1. The molecule has 0 radical (unpaired) electrons. The monoisotopic (exact) mass is 248 g/mol. The lowest BCUT2D eigenvalue weighted by atomic mass is 10.0. The smallest absolute Gasteiger partial charge is 0.256 e. The van der Waals surface area contributed by atoms with Crippen LogP contribution in [0.15, 0.2) is 18.3 Å². The number of nitrogens with two attached hydrogens (primary N) is 1. The van der Waals surface area contributed by atoms with Crippen molar-refractivity contribution in [2.24, 2.45) is 0 Å². The van der Waals surface area contributed by atoms with Gasteiger partial charge >= 0.3 is 0 Å². The van der Waals surface area contributed by atoms with Crippen LogP contribution in [0.5, 0.6) is 0 Å². The van der Waals surface area contributed by atoms with Crippen LogP contribution in [0.1, 0.15) is 21.5 Å². The Balaban J connectivity index is 2.28. The molecule has 1 aromatic carbocycles. The van der Waals surface area contributed by atoms with Gasteiger partial charge in [-0.05, 0) is 31.0 Å². The minimum atomic E-state index is -0.194.